The van der Waals surface area contributed by atoms with Gasteiger partial charge >= 0.3 is 0 Å². The van der Waals surface area contributed by atoms with Crippen molar-refractivity contribution in [1.82, 2.24) is 20.3 Å². The monoisotopic (exact) mass is 404 g/mol. The highest BCUT2D eigenvalue weighted by molar-refractivity contribution is 5.76. The first-order valence-electron chi connectivity index (χ1n) is 9.79. The van der Waals surface area contributed by atoms with Crippen LogP contribution in [0.4, 0.5) is 0 Å². The summed E-state index contributed by atoms with van der Waals surface area (Å²) in [4.78, 5) is 12.1. The summed E-state index contributed by atoms with van der Waals surface area (Å²) in [6.07, 6.45) is 1.17. The van der Waals surface area contributed by atoms with Gasteiger partial charge in [0.15, 0.2) is 5.65 Å². The predicted molar refractivity (Wildman–Crippen MR) is 115 cm³/mol. The maximum atomic E-state index is 10.1. The van der Waals surface area contributed by atoms with Gasteiger partial charge in [-0.3, -0.25) is 0 Å². The molecule has 0 aliphatic rings. The van der Waals surface area contributed by atoms with Crippen molar-refractivity contribution >= 4 is 11.2 Å². The number of ether oxygens (including phenoxy) is 1. The number of phenols is 1. The molecule has 0 amide bonds. The molecule has 2 aromatic carbocycles. The molecule has 1 unspecified atom stereocenters. The fourth-order valence-corrected chi connectivity index (χ4v) is 3.10. The third-order valence-corrected chi connectivity index (χ3v) is 4.69. The second-order valence-electron chi connectivity index (χ2n) is 7.26. The molecule has 30 heavy (non-hydrogen) atoms. The van der Waals surface area contributed by atoms with E-state index in [1.54, 1.807) is 18.3 Å². The number of nitrogens with one attached hydrogen (secondary N) is 2. The first-order valence-corrected chi connectivity index (χ1v) is 9.79. The van der Waals surface area contributed by atoms with E-state index < -0.39 is 6.10 Å². The molecule has 0 aliphatic heterocycles. The second-order valence-corrected chi connectivity index (χ2v) is 7.26. The number of nitrogens with zero attached hydrogens (tertiary/aromatic N) is 2. The van der Waals surface area contributed by atoms with Gasteiger partial charge in [0.2, 0.25) is 0 Å². The molecule has 0 fully saturated rings. The molecule has 0 bridgehead atoms. The van der Waals surface area contributed by atoms with Gasteiger partial charge in [-0.1, -0.05) is 12.1 Å². The highest BCUT2D eigenvalue weighted by atomic mass is 16.5. The molecule has 154 valence electrons. The van der Waals surface area contributed by atoms with Crippen LogP contribution in [0.1, 0.15) is 11.1 Å². The number of H-pyrrole nitrogens is 1. The molecule has 7 nitrogen and oxygen atoms in total. The number of phenolic OH excluding ortho intramolecular Hbond substituents is 1. The van der Waals surface area contributed by atoms with Crippen molar-refractivity contribution in [2.75, 3.05) is 13.2 Å². The minimum Gasteiger partial charge on any atom is -0.508 e. The van der Waals surface area contributed by atoms with Gasteiger partial charge in [0.25, 0.3) is 0 Å². The number of aryl methyl sites for hydroxylation is 1. The van der Waals surface area contributed by atoms with Crippen LogP contribution in [0.2, 0.25) is 0 Å². The molecule has 4 rings (SSSR count). The molecular formula is C23H24N4O3. The highest BCUT2D eigenvalue weighted by Crippen LogP contribution is 2.22. The van der Waals surface area contributed by atoms with Crippen LogP contribution in [0, 0.1) is 6.92 Å². The molecule has 2 aromatic heterocycles. The van der Waals surface area contributed by atoms with Crippen LogP contribution in [0.15, 0.2) is 60.8 Å². The maximum absolute atomic E-state index is 10.1. The Labute approximate surface area is 174 Å². The Kier molecular flexibility index (Phi) is 5.92. The molecule has 0 saturated heterocycles. The minimum atomic E-state index is -0.633. The second kappa shape index (κ2) is 8.94. The van der Waals surface area contributed by atoms with E-state index >= 15 is 0 Å². The van der Waals surface area contributed by atoms with Gasteiger partial charge in [-0.05, 0) is 60.5 Å². The van der Waals surface area contributed by atoms with Gasteiger partial charge in [0, 0.05) is 24.8 Å². The predicted octanol–water partition coefficient (Wildman–Crippen LogP) is 3.17. The van der Waals surface area contributed by atoms with Crippen LogP contribution >= 0.6 is 0 Å². The van der Waals surface area contributed by atoms with Gasteiger partial charge in [0.1, 0.15) is 30.0 Å². The first kappa shape index (κ1) is 19.9. The van der Waals surface area contributed by atoms with Crippen LogP contribution in [-0.2, 0) is 6.54 Å². The lowest BCUT2D eigenvalue weighted by molar-refractivity contribution is 0.106. The number of aliphatic hydroxyl groups is 1. The van der Waals surface area contributed by atoms with Gasteiger partial charge in [0.05, 0.1) is 5.52 Å². The number of benzene rings is 2. The normalized spacial score (nSPS) is 12.2. The van der Waals surface area contributed by atoms with E-state index in [1.165, 1.54) is 0 Å². The van der Waals surface area contributed by atoms with Crippen LogP contribution in [0.25, 0.3) is 22.6 Å². The van der Waals surface area contributed by atoms with Crippen molar-refractivity contribution in [3.63, 3.8) is 0 Å². The smallest absolute Gasteiger partial charge is 0.178 e. The van der Waals surface area contributed by atoms with E-state index in [2.05, 4.69) is 20.3 Å². The zero-order chi connectivity index (χ0) is 20.9. The number of rotatable bonds is 8. The molecule has 0 saturated carbocycles. The Morgan fingerprint density at radius 3 is 2.63 bits per heavy atom. The number of imidazole rings is 1. The highest BCUT2D eigenvalue weighted by Gasteiger charge is 2.08. The number of hydrogen-bond donors (Lipinski definition) is 4. The summed E-state index contributed by atoms with van der Waals surface area (Å²) in [7, 11) is 0. The number of aromatic amines is 1. The molecule has 7 heteroatoms. The van der Waals surface area contributed by atoms with Crippen molar-refractivity contribution in [2.24, 2.45) is 0 Å². The quantitative estimate of drug-likeness (QED) is 0.360. The van der Waals surface area contributed by atoms with Crippen LogP contribution in [0.3, 0.4) is 0 Å². The maximum Gasteiger partial charge on any atom is 0.178 e. The van der Waals surface area contributed by atoms with Crippen molar-refractivity contribution in [2.45, 2.75) is 19.6 Å². The van der Waals surface area contributed by atoms with E-state index in [1.807, 2.05) is 49.4 Å². The number of aliphatic hydroxyl groups excluding tert-OH is 1. The van der Waals surface area contributed by atoms with Crippen molar-refractivity contribution in [3.05, 3.63) is 71.9 Å². The Bertz CT molecular complexity index is 1110. The molecule has 0 aliphatic carbocycles. The number of aromatic hydroxyl groups is 1. The summed E-state index contributed by atoms with van der Waals surface area (Å²) in [6, 6.07) is 16.6. The summed E-state index contributed by atoms with van der Waals surface area (Å²) in [5.74, 6) is 1.68. The molecule has 0 radical (unpaired) electrons. The lowest BCUT2D eigenvalue weighted by Gasteiger charge is -2.13. The lowest BCUT2D eigenvalue weighted by atomic mass is 10.2. The number of aromatic nitrogens is 3. The minimum absolute atomic E-state index is 0.190. The topological polar surface area (TPSA) is 103 Å². The summed E-state index contributed by atoms with van der Waals surface area (Å²) < 4.78 is 5.69. The Morgan fingerprint density at radius 1 is 1.10 bits per heavy atom. The summed E-state index contributed by atoms with van der Waals surface area (Å²) in [5, 5.41) is 22.6. The molecule has 0 spiro atoms. The van der Waals surface area contributed by atoms with E-state index in [0.717, 1.165) is 28.0 Å². The zero-order valence-electron chi connectivity index (χ0n) is 16.7. The summed E-state index contributed by atoms with van der Waals surface area (Å²) >= 11 is 0. The molecule has 2 heterocycles. The number of pyridine rings is 1. The molecular weight excluding hydrogens is 380 g/mol. The molecule has 1 atom stereocenters. The molecule has 4 N–H and O–H groups in total. The average molecular weight is 404 g/mol. The number of hydrogen-bond acceptors (Lipinski definition) is 6. The fourth-order valence-electron chi connectivity index (χ4n) is 3.10. The van der Waals surface area contributed by atoms with Crippen molar-refractivity contribution < 1.29 is 14.9 Å². The van der Waals surface area contributed by atoms with Gasteiger partial charge < -0.3 is 25.3 Å². The van der Waals surface area contributed by atoms with Crippen LogP contribution < -0.4 is 10.1 Å². The Balaban J connectivity index is 1.27. The van der Waals surface area contributed by atoms with Crippen molar-refractivity contribution in [3.8, 4) is 22.9 Å². The molecule has 4 aromatic rings. The van der Waals surface area contributed by atoms with Crippen LogP contribution in [-0.4, -0.2) is 44.4 Å². The lowest BCUT2D eigenvalue weighted by Crippen LogP contribution is -2.31. The fraction of sp³-hybridized carbons (Fsp3) is 0.217. The average Bonchev–Trinajstić information content (AvgIpc) is 3.17. The van der Waals surface area contributed by atoms with Gasteiger partial charge in [-0.25, -0.2) is 9.97 Å². The van der Waals surface area contributed by atoms with Gasteiger partial charge in [-0.2, -0.15) is 0 Å². The summed E-state index contributed by atoms with van der Waals surface area (Å²) in [6.45, 7) is 3.20. The van der Waals surface area contributed by atoms with Gasteiger partial charge in [-0.15, -0.1) is 0 Å². The zero-order valence-corrected chi connectivity index (χ0v) is 16.7. The van der Waals surface area contributed by atoms with E-state index in [4.69, 9.17) is 4.74 Å². The standard InChI is InChI=1S/C23H24N4O3/c1-15-10-21-23(25-11-15)27-22(26-21)17-4-8-20(9-5-17)30-14-19(29)13-24-12-16-2-6-18(28)7-3-16/h2-11,19,24,28-29H,12-14H2,1H3,(H,25,26,27). The third-order valence-electron chi connectivity index (χ3n) is 4.69. The SMILES string of the molecule is Cc1cnc2nc(-c3ccc(OCC(O)CNCc4ccc(O)cc4)cc3)[nH]c2c1. The number of fused-ring (bicyclic) bond motifs is 1. The first-order chi connectivity index (χ1) is 14.6. The van der Waals surface area contributed by atoms with E-state index in [0.29, 0.717) is 24.5 Å². The van der Waals surface area contributed by atoms with E-state index in [9.17, 15) is 10.2 Å². The third kappa shape index (κ3) is 4.94. The van der Waals surface area contributed by atoms with Crippen molar-refractivity contribution in [1.29, 1.82) is 0 Å². The Hall–Kier alpha value is -3.42. The van der Waals surface area contributed by atoms with Crippen LogP contribution in [0.5, 0.6) is 11.5 Å². The van der Waals surface area contributed by atoms with E-state index in [-0.39, 0.29) is 12.4 Å². The largest absolute Gasteiger partial charge is 0.508 e. The Morgan fingerprint density at radius 2 is 1.87 bits per heavy atom. The summed E-state index contributed by atoms with van der Waals surface area (Å²) in [5.41, 5.74) is 4.66.